The van der Waals surface area contributed by atoms with Crippen molar-refractivity contribution in [3.8, 4) is 0 Å². The van der Waals surface area contributed by atoms with Crippen molar-refractivity contribution >= 4 is 17.3 Å². The van der Waals surface area contributed by atoms with Crippen molar-refractivity contribution in [2.24, 2.45) is 0 Å². The zero-order valence-electron chi connectivity index (χ0n) is 9.07. The van der Waals surface area contributed by atoms with Gasteiger partial charge in [0.25, 0.3) is 0 Å². The molecule has 0 aliphatic carbocycles. The number of β-amino-alcohol motifs (C(OH)–C–C–N with tert-alkyl or cyclic N) is 1. The maximum absolute atomic E-state index is 9.69. The van der Waals surface area contributed by atoms with E-state index in [1.165, 1.54) is 0 Å². The van der Waals surface area contributed by atoms with Crippen LogP contribution in [0, 0.1) is 0 Å². The van der Waals surface area contributed by atoms with Crippen molar-refractivity contribution in [2.45, 2.75) is 31.9 Å². The lowest BCUT2D eigenvalue weighted by Crippen LogP contribution is -2.38. The van der Waals surface area contributed by atoms with Gasteiger partial charge in [-0.15, -0.1) is 0 Å². The van der Waals surface area contributed by atoms with Gasteiger partial charge in [0, 0.05) is 22.8 Å². The van der Waals surface area contributed by atoms with Gasteiger partial charge in [0.1, 0.15) is 0 Å². The predicted molar refractivity (Wildman–Crippen MR) is 63.5 cm³/mol. The van der Waals surface area contributed by atoms with Gasteiger partial charge in [0.2, 0.25) is 0 Å². The van der Waals surface area contributed by atoms with E-state index in [0.717, 1.165) is 17.1 Å². The first kappa shape index (κ1) is 10.8. The lowest BCUT2D eigenvalue weighted by molar-refractivity contribution is 0.188. The minimum Gasteiger partial charge on any atom is -0.391 e. The molecule has 1 fully saturated rings. The van der Waals surface area contributed by atoms with E-state index in [1.807, 2.05) is 24.3 Å². The van der Waals surface area contributed by atoms with Crippen LogP contribution < -0.4 is 4.90 Å². The van der Waals surface area contributed by atoms with Crippen molar-refractivity contribution in [3.63, 3.8) is 0 Å². The Labute approximate surface area is 95.5 Å². The molecule has 2 nitrogen and oxygen atoms in total. The average Bonchev–Trinajstić information content (AvgIpc) is 2.39. The minimum absolute atomic E-state index is 0.00407. The summed E-state index contributed by atoms with van der Waals surface area (Å²) in [6.07, 6.45) is 0.568. The molecule has 0 saturated carbocycles. The number of hydrogen-bond acceptors (Lipinski definition) is 2. The van der Waals surface area contributed by atoms with E-state index in [9.17, 15) is 5.11 Å². The van der Waals surface area contributed by atoms with Crippen LogP contribution in [-0.2, 0) is 0 Å². The summed E-state index contributed by atoms with van der Waals surface area (Å²) in [5.74, 6) is 0. The number of aliphatic hydroxyl groups excluding tert-OH is 1. The molecule has 82 valence electrons. The van der Waals surface area contributed by atoms with Crippen LogP contribution in [0.25, 0.3) is 0 Å². The van der Waals surface area contributed by atoms with E-state index in [4.69, 9.17) is 11.6 Å². The van der Waals surface area contributed by atoms with E-state index in [1.54, 1.807) is 0 Å². The Bertz CT molecular complexity index is 364. The number of benzene rings is 1. The lowest BCUT2D eigenvalue weighted by atomic mass is 10.0. The quantitative estimate of drug-likeness (QED) is 0.795. The largest absolute Gasteiger partial charge is 0.391 e. The van der Waals surface area contributed by atoms with Gasteiger partial charge in [-0.25, -0.2) is 0 Å². The Morgan fingerprint density at radius 2 is 2.20 bits per heavy atom. The Morgan fingerprint density at radius 3 is 2.73 bits per heavy atom. The molecule has 15 heavy (non-hydrogen) atoms. The molecule has 0 aromatic heterocycles. The lowest BCUT2D eigenvalue weighted by Gasteiger charge is -2.33. The molecule has 1 heterocycles. The molecule has 1 N–H and O–H groups in total. The van der Waals surface area contributed by atoms with Crippen molar-refractivity contribution in [3.05, 3.63) is 29.3 Å². The zero-order chi connectivity index (χ0) is 11.1. The zero-order valence-corrected chi connectivity index (χ0v) is 9.83. The minimum atomic E-state index is -0.237. The van der Waals surface area contributed by atoms with Crippen LogP contribution in [-0.4, -0.2) is 23.3 Å². The Kier molecular flexibility index (Phi) is 2.65. The number of aliphatic hydroxyl groups is 1. The Hall–Kier alpha value is -0.730. The summed E-state index contributed by atoms with van der Waals surface area (Å²) in [5, 5.41) is 10.4. The highest BCUT2D eigenvalue weighted by atomic mass is 35.5. The van der Waals surface area contributed by atoms with Gasteiger partial charge in [-0.3, -0.25) is 0 Å². The molecule has 0 amide bonds. The van der Waals surface area contributed by atoms with Gasteiger partial charge >= 0.3 is 0 Å². The summed E-state index contributed by atoms with van der Waals surface area (Å²) in [6.45, 7) is 4.97. The third-order valence-electron chi connectivity index (χ3n) is 2.98. The molecule has 1 saturated heterocycles. The standard InChI is InChI=1S/C12H16ClNO/c1-12(2)7-11(15)8-14(12)10-5-3-4-9(13)6-10/h3-6,11,15H,7-8H2,1-2H3. The van der Waals surface area contributed by atoms with Gasteiger partial charge in [0.05, 0.1) is 6.10 Å². The van der Waals surface area contributed by atoms with Gasteiger partial charge < -0.3 is 10.0 Å². The van der Waals surface area contributed by atoms with Gasteiger partial charge in [0.15, 0.2) is 0 Å². The molecule has 0 spiro atoms. The summed E-state index contributed by atoms with van der Waals surface area (Å²) in [7, 11) is 0. The van der Waals surface area contributed by atoms with Crippen molar-refractivity contribution in [1.82, 2.24) is 0 Å². The van der Waals surface area contributed by atoms with Gasteiger partial charge in [-0.1, -0.05) is 17.7 Å². The summed E-state index contributed by atoms with van der Waals surface area (Å²) < 4.78 is 0. The molecule has 0 radical (unpaired) electrons. The molecule has 1 atom stereocenters. The van der Waals surface area contributed by atoms with Crippen LogP contribution in [0.4, 0.5) is 5.69 Å². The van der Waals surface area contributed by atoms with E-state index < -0.39 is 0 Å². The molecular weight excluding hydrogens is 210 g/mol. The summed E-state index contributed by atoms with van der Waals surface area (Å²) in [6, 6.07) is 7.79. The average molecular weight is 226 g/mol. The van der Waals surface area contributed by atoms with Crippen molar-refractivity contribution in [2.75, 3.05) is 11.4 Å². The van der Waals surface area contributed by atoms with Crippen molar-refractivity contribution in [1.29, 1.82) is 0 Å². The van der Waals surface area contributed by atoms with Crippen LogP contribution in [0.1, 0.15) is 20.3 Å². The maximum atomic E-state index is 9.69. The molecular formula is C12H16ClNO. The topological polar surface area (TPSA) is 23.5 Å². The first-order chi connectivity index (χ1) is 6.99. The number of hydrogen-bond donors (Lipinski definition) is 1. The molecule has 1 unspecified atom stereocenters. The van der Waals surface area contributed by atoms with E-state index >= 15 is 0 Å². The maximum Gasteiger partial charge on any atom is 0.0737 e. The monoisotopic (exact) mass is 225 g/mol. The fraction of sp³-hybridized carbons (Fsp3) is 0.500. The first-order valence-electron chi connectivity index (χ1n) is 5.20. The summed E-state index contributed by atoms with van der Waals surface area (Å²) in [5.41, 5.74) is 1.09. The third kappa shape index (κ3) is 2.11. The second-order valence-electron chi connectivity index (χ2n) is 4.76. The molecule has 1 aromatic carbocycles. The second-order valence-corrected chi connectivity index (χ2v) is 5.20. The molecule has 0 bridgehead atoms. The molecule has 1 aliphatic heterocycles. The molecule has 3 heteroatoms. The molecule has 2 rings (SSSR count). The second kappa shape index (κ2) is 3.69. The highest BCUT2D eigenvalue weighted by Crippen LogP contribution is 2.34. The number of anilines is 1. The fourth-order valence-corrected chi connectivity index (χ4v) is 2.49. The normalized spacial score (nSPS) is 24.5. The molecule has 1 aromatic rings. The highest BCUT2D eigenvalue weighted by Gasteiger charge is 2.37. The predicted octanol–water partition coefficient (Wildman–Crippen LogP) is 2.69. The van der Waals surface area contributed by atoms with E-state index in [2.05, 4.69) is 18.7 Å². The van der Waals surface area contributed by atoms with Crippen LogP contribution in [0.3, 0.4) is 0 Å². The summed E-state index contributed by atoms with van der Waals surface area (Å²) in [4.78, 5) is 2.21. The van der Waals surface area contributed by atoms with E-state index in [0.29, 0.717) is 6.54 Å². The smallest absolute Gasteiger partial charge is 0.0737 e. The van der Waals surface area contributed by atoms with Gasteiger partial charge in [-0.05, 0) is 38.5 Å². The molecule has 1 aliphatic rings. The van der Waals surface area contributed by atoms with E-state index in [-0.39, 0.29) is 11.6 Å². The van der Waals surface area contributed by atoms with Crippen LogP contribution in [0.5, 0.6) is 0 Å². The number of halogens is 1. The van der Waals surface area contributed by atoms with Crippen molar-refractivity contribution < 1.29 is 5.11 Å². The number of rotatable bonds is 1. The van der Waals surface area contributed by atoms with Crippen LogP contribution in [0.15, 0.2) is 24.3 Å². The number of nitrogens with zero attached hydrogens (tertiary/aromatic N) is 1. The summed E-state index contributed by atoms with van der Waals surface area (Å²) >= 11 is 5.96. The fourth-order valence-electron chi connectivity index (χ4n) is 2.31. The SMILES string of the molecule is CC1(C)CC(O)CN1c1cccc(Cl)c1. The van der Waals surface area contributed by atoms with Crippen LogP contribution >= 0.6 is 11.6 Å². The third-order valence-corrected chi connectivity index (χ3v) is 3.21. The Morgan fingerprint density at radius 1 is 1.47 bits per heavy atom. The first-order valence-corrected chi connectivity index (χ1v) is 5.58. The highest BCUT2D eigenvalue weighted by molar-refractivity contribution is 6.30. The Balaban J connectivity index is 2.31. The van der Waals surface area contributed by atoms with Crippen LogP contribution in [0.2, 0.25) is 5.02 Å². The van der Waals surface area contributed by atoms with Gasteiger partial charge in [-0.2, -0.15) is 0 Å².